The van der Waals surface area contributed by atoms with Crippen molar-refractivity contribution in [1.82, 2.24) is 19.7 Å². The van der Waals surface area contributed by atoms with Gasteiger partial charge in [-0.3, -0.25) is 14.6 Å². The molecule has 1 saturated heterocycles. The van der Waals surface area contributed by atoms with Crippen LogP contribution in [0.25, 0.3) is 11.0 Å². The first-order valence-corrected chi connectivity index (χ1v) is 7.67. The second kappa shape index (κ2) is 4.98. The van der Waals surface area contributed by atoms with E-state index in [0.29, 0.717) is 18.0 Å². The number of aryl methyl sites for hydroxylation is 2. The molecule has 114 valence electrons. The van der Waals surface area contributed by atoms with Gasteiger partial charge in [0.15, 0.2) is 5.65 Å². The monoisotopic (exact) mass is 288 g/mol. The van der Waals surface area contributed by atoms with Gasteiger partial charge in [-0.1, -0.05) is 6.92 Å². The quantitative estimate of drug-likeness (QED) is 0.875. The Balaban J connectivity index is 2.15. The summed E-state index contributed by atoms with van der Waals surface area (Å²) < 4.78 is 2.02. The van der Waals surface area contributed by atoms with Crippen LogP contribution in [0.15, 0.2) is 10.9 Å². The molecule has 0 aliphatic carbocycles. The molecule has 1 aliphatic rings. The fraction of sp³-hybridized carbons (Fsp3) is 0.625. The van der Waals surface area contributed by atoms with E-state index in [1.807, 2.05) is 24.6 Å². The minimum Gasteiger partial charge on any atom is -0.303 e. The number of aromatic nitrogens is 3. The van der Waals surface area contributed by atoms with Gasteiger partial charge in [0.1, 0.15) is 0 Å². The van der Waals surface area contributed by atoms with E-state index in [9.17, 15) is 4.79 Å². The molecule has 0 amide bonds. The molecule has 5 heteroatoms. The molecule has 0 aromatic carbocycles. The van der Waals surface area contributed by atoms with Gasteiger partial charge >= 0.3 is 0 Å². The smallest absolute Gasteiger partial charge is 0.273 e. The number of H-pyrrole nitrogens is 1. The van der Waals surface area contributed by atoms with Crippen molar-refractivity contribution in [1.29, 1.82) is 0 Å². The van der Waals surface area contributed by atoms with Crippen molar-refractivity contribution >= 4 is 11.0 Å². The van der Waals surface area contributed by atoms with Gasteiger partial charge in [-0.15, -0.1) is 0 Å². The number of pyridine rings is 1. The van der Waals surface area contributed by atoms with E-state index in [0.717, 1.165) is 35.3 Å². The maximum absolute atomic E-state index is 12.3. The molecule has 1 N–H and O–H groups in total. The highest BCUT2D eigenvalue weighted by Gasteiger charge is 2.32. The number of likely N-dealkylation sites (tertiary alicyclic amines) is 1. The van der Waals surface area contributed by atoms with Gasteiger partial charge in [0.25, 0.3) is 5.56 Å². The van der Waals surface area contributed by atoms with Gasteiger partial charge in [0.2, 0.25) is 0 Å². The molecule has 21 heavy (non-hydrogen) atoms. The molecule has 1 fully saturated rings. The molecule has 0 spiro atoms. The van der Waals surface area contributed by atoms with Gasteiger partial charge in [-0.25, -0.2) is 4.98 Å². The molecule has 2 aromatic rings. The number of fused-ring (bicyclic) bond motifs is 1. The lowest BCUT2D eigenvalue weighted by Gasteiger charge is -2.40. The molecule has 0 saturated carbocycles. The largest absolute Gasteiger partial charge is 0.303 e. The van der Waals surface area contributed by atoms with E-state index in [1.165, 1.54) is 0 Å². The van der Waals surface area contributed by atoms with E-state index in [-0.39, 0.29) is 5.56 Å². The molecule has 3 atom stereocenters. The normalized spacial score (nSPS) is 27.4. The summed E-state index contributed by atoms with van der Waals surface area (Å²) in [6.45, 7) is 9.50. The molecular formula is C16H24N4O. The summed E-state index contributed by atoms with van der Waals surface area (Å²) in [6.07, 6.45) is 1.03. The van der Waals surface area contributed by atoms with Gasteiger partial charge in [0, 0.05) is 18.3 Å². The summed E-state index contributed by atoms with van der Waals surface area (Å²) in [5.74, 6) is 0.486. The Labute approximate surface area is 125 Å². The Morgan fingerprint density at radius 3 is 2.76 bits per heavy atom. The number of aromatic amines is 1. The molecule has 0 bridgehead atoms. The predicted octanol–water partition coefficient (Wildman–Crippen LogP) is 2.24. The topological polar surface area (TPSA) is 53.9 Å². The van der Waals surface area contributed by atoms with E-state index in [2.05, 4.69) is 35.9 Å². The third-order valence-electron chi connectivity index (χ3n) is 4.90. The Hall–Kier alpha value is -1.62. The van der Waals surface area contributed by atoms with E-state index in [1.54, 1.807) is 0 Å². The zero-order chi connectivity index (χ0) is 15.3. The number of nitrogens with zero attached hydrogens (tertiary/aromatic N) is 3. The average Bonchev–Trinajstić information content (AvgIpc) is 2.71. The van der Waals surface area contributed by atoms with Crippen molar-refractivity contribution in [3.63, 3.8) is 0 Å². The van der Waals surface area contributed by atoms with E-state index in [4.69, 9.17) is 0 Å². The average molecular weight is 288 g/mol. The minimum atomic E-state index is -0.0196. The van der Waals surface area contributed by atoms with Crippen molar-refractivity contribution in [3.8, 4) is 0 Å². The minimum absolute atomic E-state index is 0.0196. The summed E-state index contributed by atoms with van der Waals surface area (Å²) in [4.78, 5) is 19.3. The third kappa shape index (κ3) is 2.29. The van der Waals surface area contributed by atoms with Crippen molar-refractivity contribution in [2.24, 2.45) is 5.92 Å². The maximum Gasteiger partial charge on any atom is 0.273 e. The summed E-state index contributed by atoms with van der Waals surface area (Å²) >= 11 is 0. The lowest BCUT2D eigenvalue weighted by molar-refractivity contribution is 0.103. The van der Waals surface area contributed by atoms with E-state index >= 15 is 0 Å². The molecule has 1 aliphatic heterocycles. The van der Waals surface area contributed by atoms with Gasteiger partial charge < -0.3 is 4.90 Å². The second-order valence-corrected chi connectivity index (χ2v) is 6.66. The van der Waals surface area contributed by atoms with Gasteiger partial charge in [-0.05, 0) is 51.8 Å². The van der Waals surface area contributed by atoms with Crippen LogP contribution in [-0.2, 0) is 0 Å². The molecule has 2 aromatic heterocycles. The van der Waals surface area contributed by atoms with Crippen LogP contribution < -0.4 is 5.56 Å². The standard InChI is InChI=1S/C16H24N4O/c1-9-6-11(3)17-15-14(9)16(21)18-20(15)13-7-12(4)19(5)8-10(13)2/h6,10,12-13H,7-8H2,1-5H3,(H,18,21)/t10-,12-,13-/m1/s1. The van der Waals surface area contributed by atoms with Crippen molar-refractivity contribution in [2.75, 3.05) is 13.6 Å². The molecule has 3 rings (SSSR count). The molecule has 0 radical (unpaired) electrons. The van der Waals surface area contributed by atoms with Crippen LogP contribution in [0.3, 0.4) is 0 Å². The Morgan fingerprint density at radius 1 is 1.33 bits per heavy atom. The molecule has 0 unspecified atom stereocenters. The lowest BCUT2D eigenvalue weighted by Crippen LogP contribution is -2.43. The zero-order valence-corrected chi connectivity index (χ0v) is 13.5. The maximum atomic E-state index is 12.3. The third-order valence-corrected chi connectivity index (χ3v) is 4.90. The lowest BCUT2D eigenvalue weighted by atomic mass is 9.90. The zero-order valence-electron chi connectivity index (χ0n) is 13.5. The van der Waals surface area contributed by atoms with Crippen LogP contribution in [0.1, 0.15) is 37.6 Å². The number of piperidine rings is 1. The van der Waals surface area contributed by atoms with E-state index < -0.39 is 0 Å². The predicted molar refractivity (Wildman–Crippen MR) is 84.7 cm³/mol. The Bertz CT molecular complexity index is 730. The van der Waals surface area contributed by atoms with Crippen LogP contribution in [0, 0.1) is 19.8 Å². The highest BCUT2D eigenvalue weighted by Crippen LogP contribution is 2.32. The first-order valence-electron chi connectivity index (χ1n) is 7.67. The summed E-state index contributed by atoms with van der Waals surface area (Å²) in [5, 5.41) is 3.77. The van der Waals surface area contributed by atoms with Gasteiger partial charge in [0.05, 0.1) is 11.4 Å². The first kappa shape index (κ1) is 14.3. The van der Waals surface area contributed by atoms with Crippen LogP contribution >= 0.6 is 0 Å². The van der Waals surface area contributed by atoms with Crippen LogP contribution in [0.5, 0.6) is 0 Å². The number of hydrogen-bond donors (Lipinski definition) is 1. The van der Waals surface area contributed by atoms with Crippen LogP contribution in [0.4, 0.5) is 0 Å². The van der Waals surface area contributed by atoms with Crippen LogP contribution in [-0.4, -0.2) is 39.3 Å². The summed E-state index contributed by atoms with van der Waals surface area (Å²) in [5.41, 5.74) is 2.76. The first-order chi connectivity index (χ1) is 9.88. The Morgan fingerprint density at radius 2 is 2.05 bits per heavy atom. The van der Waals surface area contributed by atoms with Crippen molar-refractivity contribution in [3.05, 3.63) is 27.7 Å². The molecule has 3 heterocycles. The second-order valence-electron chi connectivity index (χ2n) is 6.66. The summed E-state index contributed by atoms with van der Waals surface area (Å²) in [6, 6.07) is 2.79. The highest BCUT2D eigenvalue weighted by molar-refractivity contribution is 5.78. The number of hydrogen-bond acceptors (Lipinski definition) is 3. The van der Waals surface area contributed by atoms with Crippen molar-refractivity contribution in [2.45, 2.75) is 46.2 Å². The number of rotatable bonds is 1. The van der Waals surface area contributed by atoms with Crippen LogP contribution in [0.2, 0.25) is 0 Å². The molecule has 5 nitrogen and oxygen atoms in total. The highest BCUT2D eigenvalue weighted by atomic mass is 16.1. The SMILES string of the molecule is Cc1cc(C)c2c(=O)[nH]n([C@@H]3C[C@@H](C)N(C)C[C@H]3C)c2n1. The van der Waals surface area contributed by atoms with Crippen molar-refractivity contribution < 1.29 is 0 Å². The number of nitrogens with one attached hydrogen (secondary N) is 1. The molecular weight excluding hydrogens is 264 g/mol. The Kier molecular flexibility index (Phi) is 3.40. The van der Waals surface area contributed by atoms with Gasteiger partial charge in [-0.2, -0.15) is 0 Å². The fourth-order valence-electron chi connectivity index (χ4n) is 3.61. The summed E-state index contributed by atoms with van der Waals surface area (Å²) in [7, 11) is 2.17. The fourth-order valence-corrected chi connectivity index (χ4v) is 3.61.